The highest BCUT2D eigenvalue weighted by atomic mass is 79.9. The van der Waals surface area contributed by atoms with Crippen molar-refractivity contribution in [2.45, 2.75) is 13.0 Å². The van der Waals surface area contributed by atoms with Crippen LogP contribution in [0.15, 0.2) is 22.7 Å². The number of benzene rings is 1. The Balaban J connectivity index is 2.87. The summed E-state index contributed by atoms with van der Waals surface area (Å²) in [4.78, 5) is 0. The summed E-state index contributed by atoms with van der Waals surface area (Å²) in [5.74, 6) is -0.269. The first-order valence-corrected chi connectivity index (χ1v) is 4.85. The average Bonchev–Trinajstić information content (AvgIpc) is 2.11. The molecule has 13 heavy (non-hydrogen) atoms. The molecule has 3 N–H and O–H groups in total. The molecule has 72 valence electrons. The Hall–Kier alpha value is -0.610. The van der Waals surface area contributed by atoms with Gasteiger partial charge in [0.2, 0.25) is 0 Å². The number of hydrogen-bond acceptors (Lipinski definition) is 2. The van der Waals surface area contributed by atoms with Gasteiger partial charge in [-0.15, -0.1) is 0 Å². The molecule has 0 fully saturated rings. The van der Waals surface area contributed by atoms with Crippen molar-refractivity contribution in [3.05, 3.63) is 28.5 Å². The highest BCUT2D eigenvalue weighted by Crippen LogP contribution is 2.25. The van der Waals surface area contributed by atoms with Crippen molar-refractivity contribution in [1.29, 1.82) is 0 Å². The third kappa shape index (κ3) is 2.67. The Labute approximate surface area is 85.4 Å². The second kappa shape index (κ2) is 4.58. The van der Waals surface area contributed by atoms with Gasteiger partial charge in [0.25, 0.3) is 0 Å². The van der Waals surface area contributed by atoms with E-state index in [9.17, 15) is 4.39 Å². The molecule has 0 bridgehead atoms. The maximum Gasteiger partial charge on any atom is 0.147 e. The van der Waals surface area contributed by atoms with Gasteiger partial charge in [0.05, 0.1) is 5.69 Å². The van der Waals surface area contributed by atoms with Crippen LogP contribution >= 0.6 is 15.9 Å². The highest BCUT2D eigenvalue weighted by Gasteiger charge is 2.07. The van der Waals surface area contributed by atoms with Crippen LogP contribution in [-0.4, -0.2) is 12.6 Å². The number of halogens is 2. The predicted molar refractivity (Wildman–Crippen MR) is 56.2 cm³/mol. The Bertz CT molecular complexity index is 271. The number of hydrogen-bond donors (Lipinski definition) is 2. The number of nitrogens with one attached hydrogen (secondary N) is 1. The van der Waals surface area contributed by atoms with Gasteiger partial charge >= 0.3 is 0 Å². The molecular weight excluding hydrogens is 235 g/mol. The standard InChI is InChI=1S/C9H12BrFN2/c1-6(5-12)13-9-7(10)3-2-4-8(9)11/h2-4,6,13H,5,12H2,1H3. The molecule has 0 heterocycles. The molecule has 0 saturated carbocycles. The van der Waals surface area contributed by atoms with Gasteiger partial charge in [-0.25, -0.2) is 4.39 Å². The summed E-state index contributed by atoms with van der Waals surface area (Å²) in [7, 11) is 0. The van der Waals surface area contributed by atoms with Crippen LogP contribution in [0.1, 0.15) is 6.92 Å². The molecule has 0 spiro atoms. The zero-order valence-corrected chi connectivity index (χ0v) is 8.94. The second-order valence-electron chi connectivity index (χ2n) is 2.88. The maximum atomic E-state index is 13.2. The number of anilines is 1. The lowest BCUT2D eigenvalue weighted by atomic mass is 10.2. The van der Waals surface area contributed by atoms with E-state index in [0.29, 0.717) is 16.7 Å². The minimum atomic E-state index is -0.269. The summed E-state index contributed by atoms with van der Waals surface area (Å²) in [6, 6.07) is 4.91. The molecule has 1 atom stereocenters. The quantitative estimate of drug-likeness (QED) is 0.860. The average molecular weight is 247 g/mol. The summed E-state index contributed by atoms with van der Waals surface area (Å²) >= 11 is 3.26. The molecule has 4 heteroatoms. The third-order valence-electron chi connectivity index (χ3n) is 1.71. The molecular formula is C9H12BrFN2. The van der Waals surface area contributed by atoms with E-state index < -0.39 is 0 Å². The predicted octanol–water partition coefficient (Wildman–Crippen LogP) is 2.35. The van der Waals surface area contributed by atoms with Crippen molar-refractivity contribution in [3.8, 4) is 0 Å². The van der Waals surface area contributed by atoms with Crippen molar-refractivity contribution in [1.82, 2.24) is 0 Å². The van der Waals surface area contributed by atoms with Gasteiger partial charge in [0.15, 0.2) is 0 Å². The minimum absolute atomic E-state index is 0.0631. The van der Waals surface area contributed by atoms with Crippen LogP contribution < -0.4 is 11.1 Å². The Morgan fingerprint density at radius 1 is 1.62 bits per heavy atom. The van der Waals surface area contributed by atoms with Gasteiger partial charge in [-0.1, -0.05) is 6.07 Å². The molecule has 1 rings (SSSR count). The van der Waals surface area contributed by atoms with Crippen LogP contribution in [0.4, 0.5) is 10.1 Å². The van der Waals surface area contributed by atoms with Gasteiger partial charge in [0.1, 0.15) is 5.82 Å². The van der Waals surface area contributed by atoms with E-state index in [0.717, 1.165) is 0 Å². The number of para-hydroxylation sites is 1. The zero-order valence-electron chi connectivity index (χ0n) is 7.35. The van der Waals surface area contributed by atoms with E-state index in [2.05, 4.69) is 21.2 Å². The van der Waals surface area contributed by atoms with E-state index in [1.807, 2.05) is 6.92 Å². The van der Waals surface area contributed by atoms with E-state index in [1.165, 1.54) is 6.07 Å². The van der Waals surface area contributed by atoms with Crippen LogP contribution in [0.3, 0.4) is 0 Å². The minimum Gasteiger partial charge on any atom is -0.378 e. The Morgan fingerprint density at radius 2 is 2.31 bits per heavy atom. The topological polar surface area (TPSA) is 38.0 Å². The Kier molecular flexibility index (Phi) is 3.69. The van der Waals surface area contributed by atoms with Crippen molar-refractivity contribution < 1.29 is 4.39 Å². The Morgan fingerprint density at radius 3 is 2.85 bits per heavy atom. The SMILES string of the molecule is CC(CN)Nc1c(F)cccc1Br. The molecule has 0 aliphatic carbocycles. The normalized spacial score (nSPS) is 12.6. The van der Waals surface area contributed by atoms with Gasteiger partial charge in [-0.05, 0) is 35.0 Å². The van der Waals surface area contributed by atoms with Crippen LogP contribution in [0.25, 0.3) is 0 Å². The van der Waals surface area contributed by atoms with Crippen LogP contribution in [-0.2, 0) is 0 Å². The molecule has 0 aliphatic heterocycles. The van der Waals surface area contributed by atoms with Crippen molar-refractivity contribution in [2.24, 2.45) is 5.73 Å². The summed E-state index contributed by atoms with van der Waals surface area (Å²) in [6.07, 6.45) is 0. The van der Waals surface area contributed by atoms with Crippen molar-refractivity contribution >= 4 is 21.6 Å². The lowest BCUT2D eigenvalue weighted by molar-refractivity contribution is 0.625. The molecule has 0 radical (unpaired) electrons. The van der Waals surface area contributed by atoms with Crippen molar-refractivity contribution in [2.75, 3.05) is 11.9 Å². The van der Waals surface area contributed by atoms with Crippen LogP contribution in [0, 0.1) is 5.82 Å². The molecule has 2 nitrogen and oxygen atoms in total. The molecule has 0 saturated heterocycles. The zero-order chi connectivity index (χ0) is 9.84. The second-order valence-corrected chi connectivity index (χ2v) is 3.73. The lowest BCUT2D eigenvalue weighted by Crippen LogP contribution is -2.25. The first-order chi connectivity index (χ1) is 6.15. The van der Waals surface area contributed by atoms with Crippen molar-refractivity contribution in [3.63, 3.8) is 0 Å². The largest absolute Gasteiger partial charge is 0.378 e. The fourth-order valence-electron chi connectivity index (χ4n) is 0.941. The first-order valence-electron chi connectivity index (χ1n) is 4.05. The molecule has 0 aliphatic rings. The van der Waals surface area contributed by atoms with Crippen LogP contribution in [0.2, 0.25) is 0 Å². The molecule has 0 amide bonds. The first kappa shape index (κ1) is 10.5. The number of rotatable bonds is 3. The van der Waals surface area contributed by atoms with Gasteiger partial charge < -0.3 is 11.1 Å². The fraction of sp³-hybridized carbons (Fsp3) is 0.333. The highest BCUT2D eigenvalue weighted by molar-refractivity contribution is 9.10. The number of nitrogens with two attached hydrogens (primary N) is 1. The van der Waals surface area contributed by atoms with Gasteiger partial charge in [-0.2, -0.15) is 0 Å². The maximum absolute atomic E-state index is 13.2. The summed E-state index contributed by atoms with van der Waals surface area (Å²) in [5, 5.41) is 2.98. The fourth-order valence-corrected chi connectivity index (χ4v) is 1.40. The summed E-state index contributed by atoms with van der Waals surface area (Å²) in [5.41, 5.74) is 5.89. The van der Waals surface area contributed by atoms with E-state index in [1.54, 1.807) is 12.1 Å². The smallest absolute Gasteiger partial charge is 0.147 e. The van der Waals surface area contributed by atoms with E-state index in [-0.39, 0.29) is 11.9 Å². The summed E-state index contributed by atoms with van der Waals surface area (Å²) < 4.78 is 13.9. The summed E-state index contributed by atoms with van der Waals surface area (Å²) in [6.45, 7) is 2.37. The van der Waals surface area contributed by atoms with Crippen LogP contribution in [0.5, 0.6) is 0 Å². The molecule has 1 unspecified atom stereocenters. The van der Waals surface area contributed by atoms with Gasteiger partial charge in [0, 0.05) is 17.1 Å². The monoisotopic (exact) mass is 246 g/mol. The lowest BCUT2D eigenvalue weighted by Gasteiger charge is -2.14. The molecule has 0 aromatic heterocycles. The van der Waals surface area contributed by atoms with Gasteiger partial charge in [-0.3, -0.25) is 0 Å². The van der Waals surface area contributed by atoms with E-state index in [4.69, 9.17) is 5.73 Å². The molecule has 1 aromatic carbocycles. The van der Waals surface area contributed by atoms with E-state index >= 15 is 0 Å². The molecule has 1 aromatic rings. The third-order valence-corrected chi connectivity index (χ3v) is 2.37.